The summed E-state index contributed by atoms with van der Waals surface area (Å²) in [7, 11) is 1.38. The van der Waals surface area contributed by atoms with Crippen LogP contribution < -0.4 is 15.9 Å². The van der Waals surface area contributed by atoms with E-state index in [1.54, 1.807) is 18.5 Å². The monoisotopic (exact) mass is 478 g/mol. The second-order valence-electron chi connectivity index (χ2n) is 7.95. The second kappa shape index (κ2) is 9.13. The summed E-state index contributed by atoms with van der Waals surface area (Å²) in [6, 6.07) is 6.22. The molecule has 0 saturated heterocycles. The first-order chi connectivity index (χ1) is 16.7. The van der Waals surface area contributed by atoms with Gasteiger partial charge < -0.3 is 4.74 Å². The molecule has 3 heterocycles. The van der Waals surface area contributed by atoms with Crippen LogP contribution in [0.1, 0.15) is 30.7 Å². The number of nitro benzene ring substituents is 1. The third kappa shape index (κ3) is 3.76. The number of rotatable bonds is 6. The third-order valence-corrected chi connectivity index (χ3v) is 5.99. The molecular weight excluding hydrogens is 455 g/mol. The number of hydrogen-bond donors (Lipinski definition) is 0. The van der Waals surface area contributed by atoms with Crippen molar-refractivity contribution in [2.45, 2.75) is 33.6 Å². The number of ether oxygens (including phenoxy) is 1. The second-order valence-corrected chi connectivity index (χ2v) is 7.95. The average molecular weight is 478 g/mol. The standard InChI is InChI=1S/C25H23FN4O5/c1-5-15-12-27-13-16(6-2)22(15)29-21(31)11-20(35-4)17-10-14(3)28(25(32)23(17)29)24-18(26)8-7-9-19(24)30(33)34/h7-13H,5-6H2,1-4H3. The van der Waals surface area contributed by atoms with Gasteiger partial charge >= 0.3 is 0 Å². The third-order valence-electron chi connectivity index (χ3n) is 5.99. The van der Waals surface area contributed by atoms with Crippen LogP contribution in [0.25, 0.3) is 22.3 Å². The molecule has 9 nitrogen and oxygen atoms in total. The SMILES string of the molecule is CCc1cncc(CC)c1-n1c(=O)cc(OC)c2cc(C)n(-c3c(F)cccc3[N+](=O)[O-])c(=O)c21. The van der Waals surface area contributed by atoms with E-state index in [1.807, 2.05) is 13.8 Å². The van der Waals surface area contributed by atoms with Crippen molar-refractivity contribution < 1.29 is 14.1 Å². The molecule has 0 fully saturated rings. The Morgan fingerprint density at radius 3 is 2.29 bits per heavy atom. The predicted octanol–water partition coefficient (Wildman–Crippen LogP) is 4.03. The van der Waals surface area contributed by atoms with Crippen molar-refractivity contribution in [1.82, 2.24) is 14.1 Å². The van der Waals surface area contributed by atoms with Crippen LogP contribution in [0.5, 0.6) is 5.75 Å². The lowest BCUT2D eigenvalue weighted by molar-refractivity contribution is -0.384. The van der Waals surface area contributed by atoms with Crippen molar-refractivity contribution in [2.24, 2.45) is 0 Å². The van der Waals surface area contributed by atoms with E-state index in [-0.39, 0.29) is 17.0 Å². The molecule has 0 N–H and O–H groups in total. The molecule has 0 aliphatic carbocycles. The fourth-order valence-electron chi connectivity index (χ4n) is 4.38. The first-order valence-electron chi connectivity index (χ1n) is 11.0. The molecule has 4 aromatic rings. The van der Waals surface area contributed by atoms with Gasteiger partial charge in [0.2, 0.25) is 0 Å². The lowest BCUT2D eigenvalue weighted by atomic mass is 10.1. The van der Waals surface area contributed by atoms with E-state index in [2.05, 4.69) is 4.98 Å². The Morgan fingerprint density at radius 2 is 1.71 bits per heavy atom. The van der Waals surface area contributed by atoms with Crippen molar-refractivity contribution in [3.8, 4) is 17.1 Å². The largest absolute Gasteiger partial charge is 0.496 e. The number of hydrogen-bond acceptors (Lipinski definition) is 6. The number of nitrogens with zero attached hydrogens (tertiary/aromatic N) is 4. The number of nitro groups is 1. The van der Waals surface area contributed by atoms with Crippen LogP contribution in [-0.2, 0) is 12.8 Å². The maximum Gasteiger partial charge on any atom is 0.296 e. The van der Waals surface area contributed by atoms with Crippen molar-refractivity contribution in [2.75, 3.05) is 7.11 Å². The van der Waals surface area contributed by atoms with Crippen molar-refractivity contribution in [3.05, 3.63) is 96.2 Å². The minimum atomic E-state index is -0.937. The summed E-state index contributed by atoms with van der Waals surface area (Å²) < 4.78 is 22.6. The van der Waals surface area contributed by atoms with E-state index in [9.17, 15) is 24.1 Å². The smallest absolute Gasteiger partial charge is 0.296 e. The topological polar surface area (TPSA) is 109 Å². The van der Waals surface area contributed by atoms with E-state index in [4.69, 9.17) is 4.74 Å². The molecular formula is C25H23FN4O5. The molecule has 3 aromatic heterocycles. The molecule has 0 aliphatic rings. The minimum Gasteiger partial charge on any atom is -0.496 e. The number of benzene rings is 1. The number of para-hydroxylation sites is 1. The zero-order valence-electron chi connectivity index (χ0n) is 19.7. The van der Waals surface area contributed by atoms with E-state index < -0.39 is 33.2 Å². The molecule has 4 rings (SSSR count). The van der Waals surface area contributed by atoms with Crippen molar-refractivity contribution in [1.29, 1.82) is 0 Å². The van der Waals surface area contributed by atoms with Gasteiger partial charge in [-0.15, -0.1) is 0 Å². The Labute approximate surface area is 199 Å². The summed E-state index contributed by atoms with van der Waals surface area (Å²) in [4.78, 5) is 42.6. The van der Waals surface area contributed by atoms with Gasteiger partial charge in [0.1, 0.15) is 11.3 Å². The molecule has 0 atom stereocenters. The Morgan fingerprint density at radius 1 is 1.06 bits per heavy atom. The summed E-state index contributed by atoms with van der Waals surface area (Å²) in [5.41, 5.74) is -0.233. The maximum absolute atomic E-state index is 15.0. The van der Waals surface area contributed by atoms with Gasteiger partial charge in [-0.3, -0.25) is 33.8 Å². The zero-order chi connectivity index (χ0) is 25.4. The average Bonchev–Trinajstić information content (AvgIpc) is 2.84. The lowest BCUT2D eigenvalue weighted by Gasteiger charge is -2.20. The molecule has 0 unspecified atom stereocenters. The lowest BCUT2D eigenvalue weighted by Crippen LogP contribution is -2.30. The normalized spacial score (nSPS) is 11.1. The van der Waals surface area contributed by atoms with Gasteiger partial charge in [0.15, 0.2) is 11.5 Å². The Kier molecular flexibility index (Phi) is 6.21. The fraction of sp³-hybridized carbons (Fsp3) is 0.240. The number of fused-ring (bicyclic) bond motifs is 1. The molecule has 0 aliphatic heterocycles. The van der Waals surface area contributed by atoms with Crippen LogP contribution in [-0.4, -0.2) is 26.2 Å². The predicted molar refractivity (Wildman–Crippen MR) is 130 cm³/mol. The van der Waals surface area contributed by atoms with Gasteiger partial charge in [-0.1, -0.05) is 19.9 Å². The highest BCUT2D eigenvalue weighted by Gasteiger charge is 2.26. The van der Waals surface area contributed by atoms with Crippen LogP contribution in [0.3, 0.4) is 0 Å². The van der Waals surface area contributed by atoms with Gasteiger partial charge in [-0.25, -0.2) is 4.39 Å². The first kappa shape index (κ1) is 23.8. The van der Waals surface area contributed by atoms with Crippen molar-refractivity contribution >= 4 is 16.6 Å². The van der Waals surface area contributed by atoms with Crippen LogP contribution in [0.15, 0.2) is 52.3 Å². The summed E-state index contributed by atoms with van der Waals surface area (Å²) in [5, 5.41) is 12.0. The number of aromatic nitrogens is 3. The van der Waals surface area contributed by atoms with Gasteiger partial charge in [-0.05, 0) is 43.0 Å². The maximum atomic E-state index is 15.0. The summed E-state index contributed by atoms with van der Waals surface area (Å²) in [6.45, 7) is 5.34. The molecule has 0 spiro atoms. The quantitative estimate of drug-likeness (QED) is 0.306. The van der Waals surface area contributed by atoms with E-state index in [0.717, 1.165) is 27.8 Å². The Bertz CT molecular complexity index is 1580. The summed E-state index contributed by atoms with van der Waals surface area (Å²) in [6.07, 6.45) is 4.33. The van der Waals surface area contributed by atoms with Gasteiger partial charge in [0, 0.05) is 35.6 Å². The van der Waals surface area contributed by atoms with E-state index >= 15 is 0 Å². The zero-order valence-corrected chi connectivity index (χ0v) is 19.7. The van der Waals surface area contributed by atoms with Crippen LogP contribution in [0, 0.1) is 22.9 Å². The number of aryl methyl sites for hydroxylation is 3. The van der Waals surface area contributed by atoms with Gasteiger partial charge in [-0.2, -0.15) is 0 Å². The molecule has 1 aromatic carbocycles. The molecule has 0 radical (unpaired) electrons. The molecule has 0 amide bonds. The fourth-order valence-corrected chi connectivity index (χ4v) is 4.38. The first-order valence-corrected chi connectivity index (χ1v) is 11.0. The number of halogens is 1. The highest BCUT2D eigenvalue weighted by molar-refractivity contribution is 5.87. The van der Waals surface area contributed by atoms with Crippen LogP contribution >= 0.6 is 0 Å². The molecule has 10 heteroatoms. The summed E-state index contributed by atoms with van der Waals surface area (Å²) >= 11 is 0. The number of pyridine rings is 3. The highest BCUT2D eigenvalue weighted by atomic mass is 19.1. The minimum absolute atomic E-state index is 0.0758. The van der Waals surface area contributed by atoms with Gasteiger partial charge in [0.25, 0.3) is 16.8 Å². The van der Waals surface area contributed by atoms with Crippen LogP contribution in [0.4, 0.5) is 10.1 Å². The van der Waals surface area contributed by atoms with Gasteiger partial charge in [0.05, 0.1) is 17.7 Å². The number of methoxy groups -OCH3 is 1. The molecule has 0 bridgehead atoms. The molecule has 180 valence electrons. The van der Waals surface area contributed by atoms with Crippen molar-refractivity contribution in [3.63, 3.8) is 0 Å². The van der Waals surface area contributed by atoms with Crippen LogP contribution in [0.2, 0.25) is 0 Å². The summed E-state index contributed by atoms with van der Waals surface area (Å²) in [5.74, 6) is -0.769. The van der Waals surface area contributed by atoms with E-state index in [0.29, 0.717) is 23.9 Å². The van der Waals surface area contributed by atoms with E-state index in [1.165, 1.54) is 30.7 Å². The molecule has 35 heavy (non-hydrogen) atoms. The Hall–Kier alpha value is -4.34. The molecule has 0 saturated carbocycles. The highest BCUT2D eigenvalue weighted by Crippen LogP contribution is 2.31. The Balaban J connectivity index is 2.29.